The molecule has 0 aliphatic carbocycles. The summed E-state index contributed by atoms with van der Waals surface area (Å²) in [7, 11) is 0. The molecule has 2 aromatic rings. The van der Waals surface area contributed by atoms with Gasteiger partial charge in [-0.2, -0.15) is 0 Å². The summed E-state index contributed by atoms with van der Waals surface area (Å²) in [5.41, 5.74) is 0. The molecule has 2 aromatic carbocycles. The minimum absolute atomic E-state index is 0.175. The third-order valence-electron chi connectivity index (χ3n) is 1.88. The van der Waals surface area contributed by atoms with Gasteiger partial charge in [0.2, 0.25) is 0 Å². The van der Waals surface area contributed by atoms with Gasteiger partial charge >= 0.3 is 0 Å². The fourth-order valence-corrected chi connectivity index (χ4v) is 2.24. The van der Waals surface area contributed by atoms with E-state index < -0.39 is 0 Å². The first kappa shape index (κ1) is 9.40. The lowest BCUT2D eigenvalue weighted by atomic mass is 10.1. The lowest BCUT2D eigenvalue weighted by Gasteiger charge is -2.03. The molecule has 66 valence electrons. The molecule has 0 aliphatic heterocycles. The standard InChI is InChI=1S/C10H5BrFI/c11-9-7-4-2-1-3-6(7)5-8(12)10(9)13/h1-5H. The van der Waals surface area contributed by atoms with Crippen molar-refractivity contribution in [2.75, 3.05) is 0 Å². The van der Waals surface area contributed by atoms with Crippen molar-refractivity contribution in [3.8, 4) is 0 Å². The Morgan fingerprint density at radius 3 is 2.69 bits per heavy atom. The summed E-state index contributed by atoms with van der Waals surface area (Å²) in [6, 6.07) is 9.28. The van der Waals surface area contributed by atoms with Crippen LogP contribution in [0.2, 0.25) is 0 Å². The molecule has 0 bridgehead atoms. The zero-order valence-corrected chi connectivity index (χ0v) is 10.3. The van der Waals surface area contributed by atoms with E-state index >= 15 is 0 Å². The van der Waals surface area contributed by atoms with E-state index in [4.69, 9.17) is 0 Å². The molecule has 0 radical (unpaired) electrons. The third-order valence-corrected chi connectivity index (χ3v) is 4.50. The van der Waals surface area contributed by atoms with Crippen LogP contribution in [0.5, 0.6) is 0 Å². The Kier molecular flexibility index (Phi) is 2.55. The van der Waals surface area contributed by atoms with Crippen LogP contribution in [0.4, 0.5) is 4.39 Å². The van der Waals surface area contributed by atoms with Crippen LogP contribution in [0.3, 0.4) is 0 Å². The highest BCUT2D eigenvalue weighted by Crippen LogP contribution is 2.30. The first-order valence-electron chi connectivity index (χ1n) is 3.72. The Morgan fingerprint density at radius 2 is 1.92 bits per heavy atom. The molecule has 0 saturated carbocycles. The van der Waals surface area contributed by atoms with E-state index in [1.54, 1.807) is 6.07 Å². The van der Waals surface area contributed by atoms with Gasteiger partial charge in [0, 0.05) is 4.47 Å². The largest absolute Gasteiger partial charge is 0.206 e. The van der Waals surface area contributed by atoms with E-state index in [2.05, 4.69) is 15.9 Å². The first-order valence-corrected chi connectivity index (χ1v) is 5.59. The molecular weight excluding hydrogens is 346 g/mol. The highest BCUT2D eigenvalue weighted by atomic mass is 127. The third kappa shape index (κ3) is 1.59. The number of fused-ring (bicyclic) bond motifs is 1. The van der Waals surface area contributed by atoms with Crippen LogP contribution < -0.4 is 0 Å². The van der Waals surface area contributed by atoms with Crippen LogP contribution in [-0.2, 0) is 0 Å². The van der Waals surface area contributed by atoms with E-state index in [0.717, 1.165) is 15.2 Å². The molecule has 2 rings (SSSR count). The number of halogens is 3. The molecule has 0 aliphatic rings. The minimum Gasteiger partial charge on any atom is -0.206 e. The summed E-state index contributed by atoms with van der Waals surface area (Å²) in [6.07, 6.45) is 0. The van der Waals surface area contributed by atoms with Crippen molar-refractivity contribution < 1.29 is 4.39 Å². The van der Waals surface area contributed by atoms with E-state index in [-0.39, 0.29) is 5.82 Å². The van der Waals surface area contributed by atoms with Gasteiger partial charge in [0.05, 0.1) is 3.57 Å². The van der Waals surface area contributed by atoms with Gasteiger partial charge in [-0.15, -0.1) is 0 Å². The van der Waals surface area contributed by atoms with Crippen molar-refractivity contribution in [1.29, 1.82) is 0 Å². The Bertz CT molecular complexity index is 468. The van der Waals surface area contributed by atoms with Gasteiger partial charge in [-0.25, -0.2) is 4.39 Å². The summed E-state index contributed by atoms with van der Waals surface area (Å²) in [5, 5.41) is 1.97. The van der Waals surface area contributed by atoms with Crippen molar-refractivity contribution in [2.24, 2.45) is 0 Å². The predicted octanol–water partition coefficient (Wildman–Crippen LogP) is 4.35. The molecule has 0 spiro atoms. The number of rotatable bonds is 0. The van der Waals surface area contributed by atoms with E-state index in [0.29, 0.717) is 3.57 Å². The maximum Gasteiger partial charge on any atom is 0.138 e. The summed E-state index contributed by atoms with van der Waals surface area (Å²) in [4.78, 5) is 0. The molecule has 13 heavy (non-hydrogen) atoms. The summed E-state index contributed by atoms with van der Waals surface area (Å²) in [6.45, 7) is 0. The van der Waals surface area contributed by atoms with E-state index in [1.807, 2.05) is 46.9 Å². The molecule has 0 N–H and O–H groups in total. The summed E-state index contributed by atoms with van der Waals surface area (Å²) >= 11 is 5.38. The maximum atomic E-state index is 13.3. The normalized spacial score (nSPS) is 10.7. The van der Waals surface area contributed by atoms with Crippen LogP contribution in [0.15, 0.2) is 34.8 Å². The lowest BCUT2D eigenvalue weighted by Crippen LogP contribution is -1.85. The average Bonchev–Trinajstić information content (AvgIpc) is 2.15. The van der Waals surface area contributed by atoms with E-state index in [1.165, 1.54) is 0 Å². The van der Waals surface area contributed by atoms with Crippen molar-refractivity contribution >= 4 is 49.3 Å². The lowest BCUT2D eigenvalue weighted by molar-refractivity contribution is 0.621. The molecule has 0 amide bonds. The number of hydrogen-bond acceptors (Lipinski definition) is 0. The summed E-state index contributed by atoms with van der Waals surface area (Å²) in [5.74, 6) is -0.175. The topological polar surface area (TPSA) is 0 Å². The highest BCUT2D eigenvalue weighted by Gasteiger charge is 2.07. The van der Waals surface area contributed by atoms with Crippen molar-refractivity contribution in [3.63, 3.8) is 0 Å². The Labute approximate surface area is 97.4 Å². The van der Waals surface area contributed by atoms with Gasteiger partial charge in [0.1, 0.15) is 5.82 Å². The SMILES string of the molecule is Fc1cc2ccccc2c(Br)c1I. The second kappa shape index (κ2) is 3.53. The van der Waals surface area contributed by atoms with Gasteiger partial charge in [-0.1, -0.05) is 24.3 Å². The summed E-state index contributed by atoms with van der Waals surface area (Å²) < 4.78 is 14.7. The molecule has 0 atom stereocenters. The number of hydrogen-bond donors (Lipinski definition) is 0. The molecule has 0 nitrogen and oxygen atoms in total. The Balaban J connectivity index is 2.94. The number of benzene rings is 2. The van der Waals surface area contributed by atoms with Gasteiger partial charge in [-0.05, 0) is 55.4 Å². The van der Waals surface area contributed by atoms with Crippen LogP contribution in [0, 0.1) is 9.39 Å². The van der Waals surface area contributed by atoms with Gasteiger partial charge in [0.25, 0.3) is 0 Å². The van der Waals surface area contributed by atoms with Crippen molar-refractivity contribution in [1.82, 2.24) is 0 Å². The molecule has 0 heterocycles. The quantitative estimate of drug-likeness (QED) is 0.489. The van der Waals surface area contributed by atoms with Gasteiger partial charge in [0.15, 0.2) is 0 Å². The second-order valence-electron chi connectivity index (χ2n) is 2.71. The first-order chi connectivity index (χ1) is 6.20. The van der Waals surface area contributed by atoms with Crippen molar-refractivity contribution in [3.05, 3.63) is 44.2 Å². The maximum absolute atomic E-state index is 13.3. The fraction of sp³-hybridized carbons (Fsp3) is 0. The Morgan fingerprint density at radius 1 is 1.23 bits per heavy atom. The Hall–Kier alpha value is -0.160. The van der Waals surface area contributed by atoms with Crippen LogP contribution >= 0.6 is 38.5 Å². The predicted molar refractivity (Wildman–Crippen MR) is 64.3 cm³/mol. The second-order valence-corrected chi connectivity index (χ2v) is 4.58. The molecule has 0 aromatic heterocycles. The molecule has 0 saturated heterocycles. The van der Waals surface area contributed by atoms with Crippen LogP contribution in [0.25, 0.3) is 10.8 Å². The van der Waals surface area contributed by atoms with Gasteiger partial charge < -0.3 is 0 Å². The average molecular weight is 351 g/mol. The van der Waals surface area contributed by atoms with Crippen LogP contribution in [-0.4, -0.2) is 0 Å². The van der Waals surface area contributed by atoms with Crippen LogP contribution in [0.1, 0.15) is 0 Å². The van der Waals surface area contributed by atoms with E-state index in [9.17, 15) is 4.39 Å². The minimum atomic E-state index is -0.175. The monoisotopic (exact) mass is 350 g/mol. The molecule has 0 unspecified atom stereocenters. The zero-order valence-electron chi connectivity index (χ0n) is 6.52. The fourth-order valence-electron chi connectivity index (χ4n) is 1.25. The smallest absolute Gasteiger partial charge is 0.138 e. The zero-order chi connectivity index (χ0) is 9.42. The highest BCUT2D eigenvalue weighted by molar-refractivity contribution is 14.1. The molecular formula is C10H5BrFI. The molecule has 0 fully saturated rings. The molecule has 3 heteroatoms. The van der Waals surface area contributed by atoms with Gasteiger partial charge in [-0.3, -0.25) is 0 Å². The van der Waals surface area contributed by atoms with Crippen molar-refractivity contribution in [2.45, 2.75) is 0 Å².